The van der Waals surface area contributed by atoms with Crippen molar-refractivity contribution in [3.05, 3.63) is 5.28 Å². The number of terminal acetylenes is 3. The predicted octanol–water partition coefficient (Wildman–Crippen LogP) is 5.19. The smallest absolute Gasteiger partial charge is 0.229 e. The third-order valence-electron chi connectivity index (χ3n) is 5.79. The van der Waals surface area contributed by atoms with Gasteiger partial charge in [0.1, 0.15) is 0 Å². The Labute approximate surface area is 363 Å². The van der Waals surface area contributed by atoms with Gasteiger partial charge in [0.05, 0.1) is 0 Å². The fourth-order valence-corrected chi connectivity index (χ4v) is 3.54. The molecule has 3 aromatic rings. The predicted molar refractivity (Wildman–Crippen MR) is 248 cm³/mol. The van der Waals surface area contributed by atoms with E-state index in [4.69, 9.17) is 35.6 Å². The van der Waals surface area contributed by atoms with Crippen LogP contribution in [0, 0.1) is 37.0 Å². The summed E-state index contributed by atoms with van der Waals surface area (Å²) in [7, 11) is 5.04. The van der Waals surface area contributed by atoms with Gasteiger partial charge < -0.3 is 53.0 Å². The van der Waals surface area contributed by atoms with Gasteiger partial charge in [0.2, 0.25) is 52.9 Å². The van der Waals surface area contributed by atoms with Crippen molar-refractivity contribution in [2.75, 3.05) is 116 Å². The molecule has 3 heterocycles. The van der Waals surface area contributed by atoms with Gasteiger partial charge in [-0.1, -0.05) is 13.8 Å². The third kappa shape index (κ3) is 32.0. The number of nitrogens with two attached hydrogens (primary N) is 1. The molecule has 0 spiro atoms. The van der Waals surface area contributed by atoms with E-state index in [9.17, 15) is 0 Å². The van der Waals surface area contributed by atoms with Crippen LogP contribution in [-0.2, 0) is 4.74 Å². The van der Waals surface area contributed by atoms with Gasteiger partial charge in [-0.25, -0.2) is 0 Å². The highest BCUT2D eigenvalue weighted by molar-refractivity contribution is 6.28. The highest BCUT2D eigenvalue weighted by Crippen LogP contribution is 2.11. The van der Waals surface area contributed by atoms with E-state index in [-0.39, 0.29) is 30.1 Å². The van der Waals surface area contributed by atoms with Crippen molar-refractivity contribution in [3.63, 3.8) is 0 Å². The van der Waals surface area contributed by atoms with Crippen molar-refractivity contribution in [2.24, 2.45) is 5.73 Å². The van der Waals surface area contributed by atoms with Crippen LogP contribution in [0.5, 0.6) is 0 Å². The summed E-state index contributed by atoms with van der Waals surface area (Å²) in [5.74, 6) is 11.7. The second-order valence-corrected chi connectivity index (χ2v) is 10.5. The summed E-state index contributed by atoms with van der Waals surface area (Å²) in [6.07, 6.45) is 19.4. The van der Waals surface area contributed by atoms with Crippen LogP contribution in [0.1, 0.15) is 66.7 Å². The van der Waals surface area contributed by atoms with Crippen molar-refractivity contribution in [2.45, 2.75) is 66.7 Å². The zero-order valence-electron chi connectivity index (χ0n) is 35.1. The van der Waals surface area contributed by atoms with Crippen LogP contribution in [-0.4, -0.2) is 118 Å². The molecular formula is C36H65Cl3N18O. The van der Waals surface area contributed by atoms with E-state index < -0.39 is 0 Å². The first-order valence-electron chi connectivity index (χ1n) is 18.5. The molecule has 0 saturated heterocycles. The highest BCUT2D eigenvalue weighted by atomic mass is 35.5. The maximum Gasteiger partial charge on any atom is 0.229 e. The Balaban J connectivity index is -0.000000343. The number of hydrogen-bond donors (Lipinski definition) is 9. The summed E-state index contributed by atoms with van der Waals surface area (Å²) in [4.78, 5) is 37.1. The molecule has 19 nitrogen and oxygen atoms in total. The molecule has 10 N–H and O–H groups in total. The Hall–Kier alpha value is -5.10. The summed E-state index contributed by atoms with van der Waals surface area (Å²) >= 11 is 5.72. The van der Waals surface area contributed by atoms with Crippen LogP contribution in [0.4, 0.5) is 47.6 Å². The Morgan fingerprint density at radius 2 is 0.759 bits per heavy atom. The number of nitrogens with zero attached hydrogens (tertiary/aromatic N) is 9. The summed E-state index contributed by atoms with van der Waals surface area (Å²) in [6.45, 7) is 16.1. The average Bonchev–Trinajstić information content (AvgIpc) is 3.21. The molecule has 0 aliphatic rings. The van der Waals surface area contributed by atoms with Crippen LogP contribution < -0.4 is 48.3 Å². The number of ether oxygens (including phenoxy) is 1. The first kappa shape index (κ1) is 59.6. The molecular weight excluding hydrogens is 807 g/mol. The van der Waals surface area contributed by atoms with E-state index in [1.54, 1.807) is 14.1 Å². The lowest BCUT2D eigenvalue weighted by molar-refractivity contribution is 0.162. The monoisotopic (exact) mass is 870 g/mol. The first-order valence-corrected chi connectivity index (χ1v) is 18.8. The fraction of sp³-hybridized carbons (Fsp3) is 0.583. The van der Waals surface area contributed by atoms with Crippen molar-refractivity contribution in [1.82, 2.24) is 44.9 Å². The van der Waals surface area contributed by atoms with Crippen LogP contribution in [0.15, 0.2) is 0 Å². The molecule has 22 heteroatoms. The average molecular weight is 872 g/mol. The van der Waals surface area contributed by atoms with E-state index in [0.717, 1.165) is 45.7 Å². The molecule has 0 atom stereocenters. The number of anilines is 8. The zero-order valence-corrected chi connectivity index (χ0v) is 37.5. The van der Waals surface area contributed by atoms with Gasteiger partial charge in [0, 0.05) is 85.8 Å². The third-order valence-corrected chi connectivity index (χ3v) is 5.96. The molecule has 3 aromatic heterocycles. The Morgan fingerprint density at radius 3 is 1.00 bits per heavy atom. The maximum absolute atomic E-state index is 5.72. The standard InChI is InChI=1S/2C11H18N6.C9H12ClN5.C4H10O.CH5N.2ClH/c2*1-4-6-8-14-11-16-9(12-3)15-10(17-11)13-7-5-2;1-3-5-6-12-9-14-7(10)13-8(15-9)11-4-2;1-3-5-4-2;1-2;;/h2*1H,5-8H2,2-3H3,(H3,12,13,14,15,16,17);1H,4-6H2,2H3,(H2,11,12,13,14,15);3-4H2,1-2H3;2H2,1H3;2*1H. The van der Waals surface area contributed by atoms with Crippen LogP contribution in [0.25, 0.3) is 0 Å². The van der Waals surface area contributed by atoms with Gasteiger partial charge in [-0.3, -0.25) is 0 Å². The van der Waals surface area contributed by atoms with Gasteiger partial charge >= 0.3 is 0 Å². The maximum atomic E-state index is 5.72. The molecule has 0 bridgehead atoms. The summed E-state index contributed by atoms with van der Waals surface area (Å²) < 4.78 is 4.83. The second kappa shape index (κ2) is 43.0. The molecule has 0 amide bonds. The first-order chi connectivity index (χ1) is 27.3. The van der Waals surface area contributed by atoms with E-state index in [1.807, 2.05) is 20.8 Å². The summed E-state index contributed by atoms with van der Waals surface area (Å²) in [5, 5.41) is 24.2. The minimum Gasteiger partial charge on any atom is -0.382 e. The summed E-state index contributed by atoms with van der Waals surface area (Å²) in [6, 6.07) is 0. The van der Waals surface area contributed by atoms with Gasteiger partial charge in [0.15, 0.2) is 0 Å². The van der Waals surface area contributed by atoms with Crippen LogP contribution in [0.2, 0.25) is 5.28 Å². The number of nitrogens with one attached hydrogen (secondary N) is 8. The number of aromatic nitrogens is 9. The lowest BCUT2D eigenvalue weighted by Crippen LogP contribution is -2.12. The SMILES string of the molecule is C#CCCNc1nc(Cl)nc(NCC)n1.C#CCCNc1nc(NC)nc(NCCC)n1.C#CCCNc1nc(NC)nc(NCCC)n1.CCOCC.CN.Cl.Cl. The van der Waals surface area contributed by atoms with Crippen molar-refractivity contribution in [3.8, 4) is 37.0 Å². The molecule has 0 saturated carbocycles. The molecule has 3 rings (SSSR count). The Bertz CT molecular complexity index is 1480. The number of hydrogen-bond acceptors (Lipinski definition) is 19. The Kier molecular flexibility index (Phi) is 44.2. The zero-order chi connectivity index (χ0) is 42.2. The fourth-order valence-electron chi connectivity index (χ4n) is 3.38. The quantitative estimate of drug-likeness (QED) is 0.0493. The van der Waals surface area contributed by atoms with E-state index in [1.165, 1.54) is 7.05 Å². The lowest BCUT2D eigenvalue weighted by atomic mass is 10.4. The van der Waals surface area contributed by atoms with Gasteiger partial charge in [-0.05, 0) is 52.3 Å². The van der Waals surface area contributed by atoms with Gasteiger partial charge in [0.25, 0.3) is 0 Å². The molecule has 0 aliphatic carbocycles. The topological polar surface area (TPSA) is 248 Å². The highest BCUT2D eigenvalue weighted by Gasteiger charge is 2.06. The molecule has 0 radical (unpaired) electrons. The Morgan fingerprint density at radius 1 is 0.483 bits per heavy atom. The largest absolute Gasteiger partial charge is 0.382 e. The van der Waals surface area contributed by atoms with Crippen molar-refractivity contribution < 1.29 is 4.74 Å². The molecule has 0 fully saturated rings. The van der Waals surface area contributed by atoms with Crippen molar-refractivity contribution in [1.29, 1.82) is 0 Å². The van der Waals surface area contributed by atoms with E-state index in [0.29, 0.717) is 86.5 Å². The number of rotatable bonds is 21. The molecule has 0 unspecified atom stereocenters. The van der Waals surface area contributed by atoms with Gasteiger partial charge in [-0.15, -0.1) is 61.8 Å². The number of halogens is 3. The lowest BCUT2D eigenvalue weighted by Gasteiger charge is -2.08. The minimum absolute atomic E-state index is 0. The normalized spacial score (nSPS) is 8.81. The molecule has 0 aliphatic heterocycles. The van der Waals surface area contributed by atoms with Gasteiger partial charge in [-0.2, -0.15) is 44.9 Å². The molecule has 58 heavy (non-hydrogen) atoms. The van der Waals surface area contributed by atoms with Crippen LogP contribution >= 0.6 is 36.4 Å². The second-order valence-electron chi connectivity index (χ2n) is 10.2. The summed E-state index contributed by atoms with van der Waals surface area (Å²) in [5.41, 5.74) is 4.50. The molecule has 326 valence electrons. The van der Waals surface area contributed by atoms with Crippen LogP contribution in [0.3, 0.4) is 0 Å². The van der Waals surface area contributed by atoms with E-state index >= 15 is 0 Å². The minimum atomic E-state index is 0. The molecule has 0 aromatic carbocycles. The van der Waals surface area contributed by atoms with E-state index in [2.05, 4.69) is 125 Å². The van der Waals surface area contributed by atoms with Crippen molar-refractivity contribution >= 4 is 84.0 Å².